The zero-order valence-corrected chi connectivity index (χ0v) is 18.0. The molecule has 2 unspecified atom stereocenters. The molecule has 0 N–H and O–H groups in total. The van der Waals surface area contributed by atoms with Crippen LogP contribution in [0.1, 0.15) is 29.0 Å². The molecule has 3 aliphatic rings. The molecule has 1 fully saturated rings. The molecule has 1 saturated heterocycles. The van der Waals surface area contributed by atoms with Crippen molar-refractivity contribution in [3.8, 4) is 11.1 Å². The van der Waals surface area contributed by atoms with Crippen molar-refractivity contribution in [2.45, 2.75) is 24.4 Å². The third-order valence-electron chi connectivity index (χ3n) is 6.86. The quantitative estimate of drug-likeness (QED) is 0.571. The number of morpholine rings is 1. The Kier molecular flexibility index (Phi) is 4.95. The lowest BCUT2D eigenvalue weighted by molar-refractivity contribution is -0.0331. The number of carbonyl (C=O) groups excluding carboxylic acids is 1. The number of hydrogen-bond donors (Lipinski definition) is 0. The summed E-state index contributed by atoms with van der Waals surface area (Å²) in [5, 5.41) is 0. The number of carbonyl (C=O) groups is 1. The van der Waals surface area contributed by atoms with Crippen molar-refractivity contribution < 1.29 is 18.7 Å². The molecule has 2 atom stereocenters. The number of amides is 1. The van der Waals surface area contributed by atoms with E-state index in [2.05, 4.69) is 29.2 Å². The van der Waals surface area contributed by atoms with Crippen molar-refractivity contribution in [3.05, 3.63) is 95.6 Å². The van der Waals surface area contributed by atoms with Gasteiger partial charge < -0.3 is 9.47 Å². The number of rotatable bonds is 3. The minimum atomic E-state index is -0.350. The van der Waals surface area contributed by atoms with E-state index in [1.54, 1.807) is 17.2 Å². The highest BCUT2D eigenvalue weighted by molar-refractivity contribution is 5.79. The summed E-state index contributed by atoms with van der Waals surface area (Å²) in [7, 11) is 0. The molecule has 1 amide bonds. The summed E-state index contributed by atoms with van der Waals surface area (Å²) >= 11 is 0. The molecule has 1 aromatic heterocycles. The van der Waals surface area contributed by atoms with Gasteiger partial charge in [-0.2, -0.15) is 0 Å². The van der Waals surface area contributed by atoms with Crippen LogP contribution in [0.2, 0.25) is 0 Å². The van der Waals surface area contributed by atoms with Crippen molar-refractivity contribution in [1.29, 1.82) is 0 Å². The highest BCUT2D eigenvalue weighted by Gasteiger charge is 2.40. The van der Waals surface area contributed by atoms with E-state index in [0.717, 1.165) is 5.57 Å². The fourth-order valence-corrected chi connectivity index (χ4v) is 5.38. The minimum Gasteiger partial charge on any atom is -0.448 e. The predicted molar refractivity (Wildman–Crippen MR) is 122 cm³/mol. The van der Waals surface area contributed by atoms with Crippen LogP contribution in [0.5, 0.6) is 0 Å². The lowest BCUT2D eigenvalue weighted by Crippen LogP contribution is -2.56. The second kappa shape index (κ2) is 8.12. The number of fused-ring (bicyclic) bond motifs is 5. The topological polar surface area (TPSA) is 51.7 Å². The molecule has 3 aromatic rings. The van der Waals surface area contributed by atoms with Crippen LogP contribution in [-0.2, 0) is 9.47 Å². The molecule has 1 aliphatic carbocycles. The number of ether oxygens (including phenoxy) is 2. The van der Waals surface area contributed by atoms with Gasteiger partial charge in [0.05, 0.1) is 31.5 Å². The lowest BCUT2D eigenvalue weighted by atomic mass is 9.90. The zero-order valence-electron chi connectivity index (χ0n) is 18.0. The summed E-state index contributed by atoms with van der Waals surface area (Å²) < 4.78 is 25.9. The molecule has 2 bridgehead atoms. The first-order valence-electron chi connectivity index (χ1n) is 11.2. The van der Waals surface area contributed by atoms with Crippen molar-refractivity contribution in [3.63, 3.8) is 0 Å². The maximum atomic E-state index is 14.3. The van der Waals surface area contributed by atoms with Gasteiger partial charge in [0, 0.05) is 17.7 Å². The first-order chi connectivity index (χ1) is 16.2. The molecule has 3 heterocycles. The van der Waals surface area contributed by atoms with Crippen LogP contribution in [0.25, 0.3) is 16.7 Å². The standard InChI is InChI=1S/C27H23FN2O3/c28-26-13-29-10-9-20(26)17-11-18-14-32-15-19(12-17)30(18)27(31)33-16-25-23-7-3-1-5-21(23)22-6-2-4-8-24(22)25/h1-11,13,18-19,25H,12,14-16H2. The predicted octanol–water partition coefficient (Wildman–Crippen LogP) is 5.03. The van der Waals surface area contributed by atoms with Crippen molar-refractivity contribution >= 4 is 11.7 Å². The Morgan fingerprint density at radius 3 is 2.45 bits per heavy atom. The molecular formula is C27H23FN2O3. The number of nitrogens with zero attached hydrogens (tertiary/aromatic N) is 2. The third kappa shape index (κ3) is 3.42. The van der Waals surface area contributed by atoms with E-state index in [9.17, 15) is 9.18 Å². The van der Waals surface area contributed by atoms with E-state index in [1.807, 2.05) is 30.3 Å². The molecule has 0 radical (unpaired) electrons. The summed E-state index contributed by atoms with van der Waals surface area (Å²) in [5.41, 5.74) is 6.19. The highest BCUT2D eigenvalue weighted by atomic mass is 19.1. The Labute approximate surface area is 191 Å². The monoisotopic (exact) mass is 442 g/mol. The van der Waals surface area contributed by atoms with Gasteiger partial charge in [0.15, 0.2) is 0 Å². The molecule has 5 nitrogen and oxygen atoms in total. The van der Waals surface area contributed by atoms with Crippen molar-refractivity contribution in [2.24, 2.45) is 0 Å². The van der Waals surface area contributed by atoms with E-state index in [-0.39, 0.29) is 36.5 Å². The van der Waals surface area contributed by atoms with Gasteiger partial charge in [-0.25, -0.2) is 9.18 Å². The smallest absolute Gasteiger partial charge is 0.410 e. The molecule has 0 spiro atoms. The average molecular weight is 442 g/mol. The van der Waals surface area contributed by atoms with Gasteiger partial charge in [-0.3, -0.25) is 9.88 Å². The van der Waals surface area contributed by atoms with Crippen molar-refractivity contribution in [2.75, 3.05) is 19.8 Å². The Hall–Kier alpha value is -3.51. The molecule has 2 aromatic carbocycles. The highest BCUT2D eigenvalue weighted by Crippen LogP contribution is 2.44. The third-order valence-corrected chi connectivity index (χ3v) is 6.86. The van der Waals surface area contributed by atoms with Crippen LogP contribution in [-0.4, -0.2) is 47.9 Å². The first kappa shape index (κ1) is 20.1. The second-order valence-corrected chi connectivity index (χ2v) is 8.72. The van der Waals surface area contributed by atoms with Crippen LogP contribution >= 0.6 is 0 Å². The SMILES string of the molecule is O=C(OCC1c2ccccc2-c2ccccc21)N1C2C=C(c3ccncc3F)CC1COC2. The fourth-order valence-electron chi connectivity index (χ4n) is 5.38. The Morgan fingerprint density at radius 2 is 1.76 bits per heavy atom. The number of aromatic nitrogens is 1. The summed E-state index contributed by atoms with van der Waals surface area (Å²) in [6, 6.07) is 17.8. The molecule has 0 saturated carbocycles. The first-order valence-corrected chi connectivity index (χ1v) is 11.2. The Bertz CT molecular complexity index is 1210. The van der Waals surface area contributed by atoms with E-state index in [0.29, 0.717) is 25.2 Å². The van der Waals surface area contributed by atoms with Crippen molar-refractivity contribution in [1.82, 2.24) is 9.88 Å². The van der Waals surface area contributed by atoms with Crippen LogP contribution in [0.4, 0.5) is 9.18 Å². The van der Waals surface area contributed by atoms with Gasteiger partial charge >= 0.3 is 6.09 Å². The average Bonchev–Trinajstić information content (AvgIpc) is 3.16. The molecular weight excluding hydrogens is 419 g/mol. The van der Waals surface area contributed by atoms with Gasteiger partial charge in [0.25, 0.3) is 0 Å². The van der Waals surface area contributed by atoms with E-state index < -0.39 is 0 Å². The van der Waals surface area contributed by atoms with Crippen LogP contribution in [0, 0.1) is 5.82 Å². The lowest BCUT2D eigenvalue weighted by Gasteiger charge is -2.44. The summed E-state index contributed by atoms with van der Waals surface area (Å²) in [4.78, 5) is 18.8. The molecule has 166 valence electrons. The van der Waals surface area contributed by atoms with Crippen LogP contribution < -0.4 is 0 Å². The fraction of sp³-hybridized carbons (Fsp3) is 0.259. The number of benzene rings is 2. The zero-order chi connectivity index (χ0) is 22.4. The summed E-state index contributed by atoms with van der Waals surface area (Å²) in [6.45, 7) is 1.06. The summed E-state index contributed by atoms with van der Waals surface area (Å²) in [5.74, 6) is -0.336. The molecule has 6 heteroatoms. The van der Waals surface area contributed by atoms with E-state index >= 15 is 0 Å². The number of pyridine rings is 1. The van der Waals surface area contributed by atoms with Gasteiger partial charge in [0.1, 0.15) is 12.4 Å². The minimum absolute atomic E-state index is 0.0132. The second-order valence-electron chi connectivity index (χ2n) is 8.72. The van der Waals surface area contributed by atoms with Crippen LogP contribution in [0.15, 0.2) is 73.1 Å². The van der Waals surface area contributed by atoms with E-state index in [4.69, 9.17) is 9.47 Å². The molecule has 33 heavy (non-hydrogen) atoms. The molecule has 2 aliphatic heterocycles. The van der Waals surface area contributed by atoms with Gasteiger partial charge in [0.2, 0.25) is 0 Å². The Morgan fingerprint density at radius 1 is 1.03 bits per heavy atom. The van der Waals surface area contributed by atoms with Gasteiger partial charge in [-0.05, 0) is 40.3 Å². The maximum Gasteiger partial charge on any atom is 0.410 e. The van der Waals surface area contributed by atoms with Gasteiger partial charge in [-0.15, -0.1) is 0 Å². The Balaban J connectivity index is 1.23. The normalized spacial score (nSPS) is 21.2. The number of halogens is 1. The van der Waals surface area contributed by atoms with Gasteiger partial charge in [-0.1, -0.05) is 54.6 Å². The maximum absolute atomic E-state index is 14.3. The molecule has 6 rings (SSSR count). The number of hydrogen-bond acceptors (Lipinski definition) is 4. The van der Waals surface area contributed by atoms with E-state index in [1.165, 1.54) is 28.5 Å². The largest absolute Gasteiger partial charge is 0.448 e. The van der Waals surface area contributed by atoms with Crippen LogP contribution in [0.3, 0.4) is 0 Å². The summed E-state index contributed by atoms with van der Waals surface area (Å²) in [6.07, 6.45) is 4.90.